The zero-order valence-electron chi connectivity index (χ0n) is 11.5. The molecule has 0 atom stereocenters. The molecule has 0 aliphatic carbocycles. The van der Waals surface area contributed by atoms with Crippen molar-refractivity contribution in [2.24, 2.45) is 0 Å². The minimum Gasteiger partial charge on any atom is -0.417 e. The summed E-state index contributed by atoms with van der Waals surface area (Å²) >= 11 is 5.79. The highest BCUT2D eigenvalue weighted by Crippen LogP contribution is 2.15. The van der Waals surface area contributed by atoms with Gasteiger partial charge in [0.15, 0.2) is 0 Å². The maximum Gasteiger partial charge on any atom is 0.313 e. The van der Waals surface area contributed by atoms with Gasteiger partial charge in [-0.1, -0.05) is 41.9 Å². The Balaban J connectivity index is 1.67. The summed E-state index contributed by atoms with van der Waals surface area (Å²) in [6.45, 7) is 0. The number of aromatic nitrogens is 2. The Morgan fingerprint density at radius 1 is 1.05 bits per heavy atom. The molecule has 1 aromatic heterocycles. The second-order valence-electron chi connectivity index (χ2n) is 4.62. The van der Waals surface area contributed by atoms with Gasteiger partial charge in [0.05, 0.1) is 6.42 Å². The second kappa shape index (κ2) is 6.41. The number of benzene rings is 2. The minimum atomic E-state index is -0.450. The largest absolute Gasteiger partial charge is 0.417 e. The number of carbonyl (C=O) groups excluding carboxylic acids is 1. The van der Waals surface area contributed by atoms with Crippen LogP contribution in [0.25, 0.3) is 0 Å². The molecule has 2 aromatic carbocycles. The summed E-state index contributed by atoms with van der Waals surface area (Å²) < 4.78 is 5.38. The standard InChI is InChI=1S/C16H12ClN3O2/c17-12-6-8-13(9-7-12)18-15(21)16-20-19-14(22-16)10-11-4-2-1-3-5-11/h1-9H,10H2,(H,18,21). The van der Waals surface area contributed by atoms with Crippen molar-refractivity contribution in [3.8, 4) is 0 Å². The fourth-order valence-electron chi connectivity index (χ4n) is 1.91. The van der Waals surface area contributed by atoms with Crippen LogP contribution in [0.4, 0.5) is 5.69 Å². The minimum absolute atomic E-state index is 0.0686. The van der Waals surface area contributed by atoms with Crippen LogP contribution in [0, 0.1) is 0 Å². The Kier molecular flexibility index (Phi) is 4.16. The molecule has 0 saturated carbocycles. The van der Waals surface area contributed by atoms with Crippen molar-refractivity contribution in [1.82, 2.24) is 10.2 Å². The van der Waals surface area contributed by atoms with E-state index in [1.807, 2.05) is 30.3 Å². The highest BCUT2D eigenvalue weighted by Gasteiger charge is 2.15. The van der Waals surface area contributed by atoms with Gasteiger partial charge in [0.1, 0.15) is 0 Å². The van der Waals surface area contributed by atoms with E-state index in [0.29, 0.717) is 23.0 Å². The van der Waals surface area contributed by atoms with E-state index in [4.69, 9.17) is 16.0 Å². The average molecular weight is 314 g/mol. The van der Waals surface area contributed by atoms with Gasteiger partial charge in [0, 0.05) is 10.7 Å². The van der Waals surface area contributed by atoms with Crippen LogP contribution >= 0.6 is 11.6 Å². The number of amides is 1. The molecule has 0 unspecified atom stereocenters. The topological polar surface area (TPSA) is 68.0 Å². The molecular formula is C16H12ClN3O2. The number of halogens is 1. The van der Waals surface area contributed by atoms with Gasteiger partial charge in [-0.2, -0.15) is 0 Å². The Hall–Kier alpha value is -2.66. The van der Waals surface area contributed by atoms with Crippen LogP contribution in [0.3, 0.4) is 0 Å². The summed E-state index contributed by atoms with van der Waals surface area (Å²) in [6, 6.07) is 16.5. The van der Waals surface area contributed by atoms with Crippen molar-refractivity contribution in [1.29, 1.82) is 0 Å². The number of anilines is 1. The van der Waals surface area contributed by atoms with Crippen molar-refractivity contribution >= 4 is 23.2 Å². The number of hydrogen-bond donors (Lipinski definition) is 1. The van der Waals surface area contributed by atoms with E-state index in [1.54, 1.807) is 24.3 Å². The number of rotatable bonds is 4. The molecule has 0 saturated heterocycles. The lowest BCUT2D eigenvalue weighted by Crippen LogP contribution is -2.12. The van der Waals surface area contributed by atoms with Crippen molar-refractivity contribution in [3.05, 3.63) is 77.0 Å². The van der Waals surface area contributed by atoms with Gasteiger partial charge in [0.2, 0.25) is 5.89 Å². The first-order chi connectivity index (χ1) is 10.7. The summed E-state index contributed by atoms with van der Waals surface area (Å²) in [4.78, 5) is 12.0. The third-order valence-corrected chi connectivity index (χ3v) is 3.21. The third kappa shape index (κ3) is 3.51. The summed E-state index contributed by atoms with van der Waals surface area (Å²) in [5.74, 6) is -0.123. The lowest BCUT2D eigenvalue weighted by Gasteiger charge is -2.01. The van der Waals surface area contributed by atoms with Gasteiger partial charge in [-0.05, 0) is 29.8 Å². The van der Waals surface area contributed by atoms with E-state index in [2.05, 4.69) is 15.5 Å². The lowest BCUT2D eigenvalue weighted by atomic mass is 10.2. The van der Waals surface area contributed by atoms with Crippen molar-refractivity contribution in [2.75, 3.05) is 5.32 Å². The fourth-order valence-corrected chi connectivity index (χ4v) is 2.03. The maximum absolute atomic E-state index is 12.0. The average Bonchev–Trinajstić information content (AvgIpc) is 2.99. The Morgan fingerprint density at radius 2 is 1.77 bits per heavy atom. The lowest BCUT2D eigenvalue weighted by molar-refractivity contribution is 0.0988. The number of nitrogens with zero attached hydrogens (tertiary/aromatic N) is 2. The fraction of sp³-hybridized carbons (Fsp3) is 0.0625. The van der Waals surface area contributed by atoms with E-state index >= 15 is 0 Å². The molecule has 110 valence electrons. The van der Waals surface area contributed by atoms with Gasteiger partial charge in [-0.25, -0.2) is 0 Å². The summed E-state index contributed by atoms with van der Waals surface area (Å²) in [7, 11) is 0. The quantitative estimate of drug-likeness (QED) is 0.799. The van der Waals surface area contributed by atoms with Gasteiger partial charge in [-0.3, -0.25) is 4.79 Å². The zero-order valence-corrected chi connectivity index (χ0v) is 12.2. The molecule has 22 heavy (non-hydrogen) atoms. The van der Waals surface area contributed by atoms with Crippen LogP contribution < -0.4 is 5.32 Å². The second-order valence-corrected chi connectivity index (χ2v) is 5.06. The molecule has 5 nitrogen and oxygen atoms in total. The molecule has 0 aliphatic rings. The van der Waals surface area contributed by atoms with Gasteiger partial charge >= 0.3 is 11.8 Å². The van der Waals surface area contributed by atoms with Crippen LogP contribution in [-0.4, -0.2) is 16.1 Å². The molecule has 1 heterocycles. The normalized spacial score (nSPS) is 10.4. The zero-order chi connectivity index (χ0) is 15.4. The van der Waals surface area contributed by atoms with Crippen LogP contribution in [0.15, 0.2) is 59.0 Å². The smallest absolute Gasteiger partial charge is 0.313 e. The number of nitrogens with one attached hydrogen (secondary N) is 1. The molecule has 0 aliphatic heterocycles. The number of hydrogen-bond acceptors (Lipinski definition) is 4. The van der Waals surface area contributed by atoms with Crippen molar-refractivity contribution in [2.45, 2.75) is 6.42 Å². The van der Waals surface area contributed by atoms with Gasteiger partial charge in [-0.15, -0.1) is 10.2 Å². The summed E-state index contributed by atoms with van der Waals surface area (Å²) in [5, 5.41) is 10.9. The van der Waals surface area contributed by atoms with E-state index in [9.17, 15) is 4.79 Å². The van der Waals surface area contributed by atoms with Crippen LogP contribution in [0.1, 0.15) is 22.1 Å². The first kappa shape index (κ1) is 14.3. The van der Waals surface area contributed by atoms with Crippen LogP contribution in [0.5, 0.6) is 0 Å². The predicted octanol–water partition coefficient (Wildman–Crippen LogP) is 3.57. The molecule has 0 bridgehead atoms. The molecule has 0 radical (unpaired) electrons. The summed E-state index contributed by atoms with van der Waals surface area (Å²) in [5.41, 5.74) is 1.65. The molecule has 0 spiro atoms. The van der Waals surface area contributed by atoms with Crippen molar-refractivity contribution < 1.29 is 9.21 Å². The molecule has 6 heteroatoms. The molecule has 1 amide bonds. The van der Waals surface area contributed by atoms with Crippen LogP contribution in [-0.2, 0) is 6.42 Å². The van der Waals surface area contributed by atoms with Crippen molar-refractivity contribution in [3.63, 3.8) is 0 Å². The Morgan fingerprint density at radius 3 is 2.50 bits per heavy atom. The van der Waals surface area contributed by atoms with Gasteiger partial charge in [0.25, 0.3) is 0 Å². The van der Waals surface area contributed by atoms with E-state index < -0.39 is 5.91 Å². The predicted molar refractivity (Wildman–Crippen MR) is 83.0 cm³/mol. The molecule has 1 N–H and O–H groups in total. The molecule has 0 fully saturated rings. The van der Waals surface area contributed by atoms with Gasteiger partial charge < -0.3 is 9.73 Å². The monoisotopic (exact) mass is 313 g/mol. The highest BCUT2D eigenvalue weighted by atomic mass is 35.5. The summed E-state index contributed by atoms with van der Waals surface area (Å²) in [6.07, 6.45) is 0.488. The Labute approximate surface area is 131 Å². The first-order valence-corrected chi connectivity index (χ1v) is 7.02. The SMILES string of the molecule is O=C(Nc1ccc(Cl)cc1)c1nnc(Cc2ccccc2)o1. The van der Waals surface area contributed by atoms with E-state index in [-0.39, 0.29) is 5.89 Å². The molecule has 3 aromatic rings. The highest BCUT2D eigenvalue weighted by molar-refractivity contribution is 6.30. The third-order valence-electron chi connectivity index (χ3n) is 2.96. The maximum atomic E-state index is 12.0. The van der Waals surface area contributed by atoms with E-state index in [0.717, 1.165) is 5.56 Å². The molecular weight excluding hydrogens is 302 g/mol. The number of carbonyl (C=O) groups is 1. The molecule has 3 rings (SSSR count). The Bertz CT molecular complexity index is 770. The van der Waals surface area contributed by atoms with E-state index in [1.165, 1.54) is 0 Å². The van der Waals surface area contributed by atoms with Crippen LogP contribution in [0.2, 0.25) is 5.02 Å². The first-order valence-electron chi connectivity index (χ1n) is 6.64.